The van der Waals surface area contributed by atoms with Gasteiger partial charge < -0.3 is 14.4 Å². The molecule has 4 heteroatoms. The number of rotatable bonds is 6. The van der Waals surface area contributed by atoms with Gasteiger partial charge in [0.15, 0.2) is 0 Å². The quantitative estimate of drug-likeness (QED) is 0.757. The summed E-state index contributed by atoms with van der Waals surface area (Å²) in [5.74, 6) is 1.36. The third kappa shape index (κ3) is 4.01. The summed E-state index contributed by atoms with van der Waals surface area (Å²) in [5.41, 5.74) is 1.69. The van der Waals surface area contributed by atoms with Crippen molar-refractivity contribution in [2.75, 3.05) is 33.9 Å². The molecule has 1 aromatic carbocycles. The zero-order valence-electron chi connectivity index (χ0n) is 13.9. The van der Waals surface area contributed by atoms with Gasteiger partial charge in [0.2, 0.25) is 0 Å². The van der Waals surface area contributed by atoms with Crippen LogP contribution in [0.2, 0.25) is 0 Å². The van der Waals surface area contributed by atoms with Gasteiger partial charge in [0.05, 0.1) is 12.7 Å². The maximum absolute atomic E-state index is 12.9. The molecule has 1 saturated heterocycles. The van der Waals surface area contributed by atoms with Crippen molar-refractivity contribution in [1.29, 1.82) is 0 Å². The molecular weight excluding hydrogens is 278 g/mol. The molecule has 2 rings (SSSR count). The number of nitrogens with zero attached hydrogens (tertiary/aromatic N) is 1. The summed E-state index contributed by atoms with van der Waals surface area (Å²) in [6, 6.07) is 5.75. The third-order valence-corrected chi connectivity index (χ3v) is 4.44. The Kier molecular flexibility index (Phi) is 6.25. The fourth-order valence-electron chi connectivity index (χ4n) is 3.24. The van der Waals surface area contributed by atoms with E-state index >= 15 is 0 Å². The minimum atomic E-state index is 0.103. The minimum absolute atomic E-state index is 0.103. The lowest BCUT2D eigenvalue weighted by Gasteiger charge is -2.33. The van der Waals surface area contributed by atoms with E-state index in [2.05, 4.69) is 0 Å². The maximum atomic E-state index is 12.9. The number of ether oxygens (including phenoxy) is 2. The normalized spacial score (nSPS) is 18.3. The number of benzene rings is 1. The Balaban J connectivity index is 2.06. The molecule has 1 aliphatic heterocycles. The van der Waals surface area contributed by atoms with Gasteiger partial charge in [-0.1, -0.05) is 12.1 Å². The Morgan fingerprint density at radius 2 is 2.18 bits per heavy atom. The second-order valence-electron chi connectivity index (χ2n) is 6.05. The molecular formula is C18H27NO3. The lowest BCUT2D eigenvalue weighted by Crippen LogP contribution is -2.40. The highest BCUT2D eigenvalue weighted by molar-refractivity contribution is 5.98. The lowest BCUT2D eigenvalue weighted by atomic mass is 9.92. The summed E-state index contributed by atoms with van der Waals surface area (Å²) >= 11 is 0. The summed E-state index contributed by atoms with van der Waals surface area (Å²) in [6.07, 6.45) is 4.48. The van der Waals surface area contributed by atoms with Gasteiger partial charge in [-0.3, -0.25) is 4.79 Å². The minimum Gasteiger partial charge on any atom is -0.496 e. The van der Waals surface area contributed by atoms with Gasteiger partial charge in [-0.25, -0.2) is 0 Å². The van der Waals surface area contributed by atoms with Crippen molar-refractivity contribution in [3.63, 3.8) is 0 Å². The molecule has 1 atom stereocenters. The molecule has 0 aliphatic carbocycles. The van der Waals surface area contributed by atoms with Crippen LogP contribution in [0.1, 0.15) is 41.6 Å². The van der Waals surface area contributed by atoms with E-state index in [1.807, 2.05) is 30.0 Å². The van der Waals surface area contributed by atoms with Crippen LogP contribution in [0.5, 0.6) is 5.75 Å². The Labute approximate surface area is 133 Å². The molecule has 0 aromatic heterocycles. The van der Waals surface area contributed by atoms with E-state index in [0.717, 1.165) is 44.5 Å². The molecule has 0 radical (unpaired) electrons. The molecule has 0 unspecified atom stereocenters. The van der Waals surface area contributed by atoms with Crippen molar-refractivity contribution in [2.24, 2.45) is 5.92 Å². The van der Waals surface area contributed by atoms with Crippen molar-refractivity contribution in [3.05, 3.63) is 29.3 Å². The number of methoxy groups -OCH3 is 2. The molecule has 1 aromatic rings. The van der Waals surface area contributed by atoms with Crippen LogP contribution in [-0.4, -0.2) is 44.7 Å². The van der Waals surface area contributed by atoms with E-state index in [-0.39, 0.29) is 5.91 Å². The highest BCUT2D eigenvalue weighted by Crippen LogP contribution is 2.27. The summed E-state index contributed by atoms with van der Waals surface area (Å²) in [5, 5.41) is 0. The molecule has 122 valence electrons. The van der Waals surface area contributed by atoms with E-state index in [1.54, 1.807) is 14.2 Å². The van der Waals surface area contributed by atoms with Crippen LogP contribution >= 0.6 is 0 Å². The largest absolute Gasteiger partial charge is 0.496 e. The smallest absolute Gasteiger partial charge is 0.257 e. The Hall–Kier alpha value is -1.55. The van der Waals surface area contributed by atoms with Crippen LogP contribution in [0.3, 0.4) is 0 Å². The average Bonchev–Trinajstić information content (AvgIpc) is 2.54. The molecule has 1 heterocycles. The molecule has 0 saturated carbocycles. The molecule has 0 spiro atoms. The molecule has 1 fully saturated rings. The van der Waals surface area contributed by atoms with Crippen LogP contribution in [0, 0.1) is 12.8 Å². The fraction of sp³-hybridized carbons (Fsp3) is 0.611. The first-order valence-corrected chi connectivity index (χ1v) is 8.09. The summed E-state index contributed by atoms with van der Waals surface area (Å²) < 4.78 is 10.5. The summed E-state index contributed by atoms with van der Waals surface area (Å²) in [7, 11) is 3.36. The summed E-state index contributed by atoms with van der Waals surface area (Å²) in [6.45, 7) is 4.46. The predicted octanol–water partition coefficient (Wildman–Crippen LogP) is 3.28. The number of carbonyl (C=O) groups excluding carboxylic acids is 1. The number of piperidine rings is 1. The van der Waals surface area contributed by atoms with E-state index in [9.17, 15) is 4.79 Å². The summed E-state index contributed by atoms with van der Waals surface area (Å²) in [4.78, 5) is 14.9. The zero-order valence-corrected chi connectivity index (χ0v) is 13.9. The standard InChI is InChI=1S/C18H27NO3/c1-14-7-4-10-16(22-3)17(14)18(20)19-11-5-8-15(13-19)9-6-12-21-2/h4,7,10,15H,5-6,8-9,11-13H2,1-3H3/t15-/m1/s1. The number of amides is 1. The Bertz CT molecular complexity index is 501. The zero-order chi connectivity index (χ0) is 15.9. The van der Waals surface area contributed by atoms with Crippen LogP contribution in [0.15, 0.2) is 18.2 Å². The van der Waals surface area contributed by atoms with Crippen molar-refractivity contribution >= 4 is 5.91 Å². The van der Waals surface area contributed by atoms with Gasteiger partial charge in [0.25, 0.3) is 5.91 Å². The maximum Gasteiger partial charge on any atom is 0.257 e. The Morgan fingerprint density at radius 3 is 2.91 bits per heavy atom. The van der Waals surface area contributed by atoms with Gasteiger partial charge in [-0.05, 0) is 50.2 Å². The highest BCUT2D eigenvalue weighted by atomic mass is 16.5. The fourth-order valence-corrected chi connectivity index (χ4v) is 3.24. The second-order valence-corrected chi connectivity index (χ2v) is 6.05. The van der Waals surface area contributed by atoms with E-state index in [4.69, 9.17) is 9.47 Å². The van der Waals surface area contributed by atoms with Crippen molar-refractivity contribution in [1.82, 2.24) is 4.90 Å². The van der Waals surface area contributed by atoms with Gasteiger partial charge in [0.1, 0.15) is 5.75 Å². The van der Waals surface area contributed by atoms with Crippen LogP contribution in [0.25, 0.3) is 0 Å². The first-order valence-electron chi connectivity index (χ1n) is 8.09. The Morgan fingerprint density at radius 1 is 1.36 bits per heavy atom. The number of aryl methyl sites for hydroxylation is 1. The van der Waals surface area contributed by atoms with Crippen molar-refractivity contribution in [2.45, 2.75) is 32.6 Å². The second kappa shape index (κ2) is 8.18. The topological polar surface area (TPSA) is 38.8 Å². The molecule has 1 amide bonds. The average molecular weight is 305 g/mol. The van der Waals surface area contributed by atoms with E-state index in [1.165, 1.54) is 6.42 Å². The van der Waals surface area contributed by atoms with Gasteiger partial charge in [-0.15, -0.1) is 0 Å². The molecule has 0 N–H and O–H groups in total. The lowest BCUT2D eigenvalue weighted by molar-refractivity contribution is 0.0656. The van der Waals surface area contributed by atoms with Gasteiger partial charge >= 0.3 is 0 Å². The number of carbonyl (C=O) groups is 1. The highest BCUT2D eigenvalue weighted by Gasteiger charge is 2.26. The monoisotopic (exact) mass is 305 g/mol. The molecule has 1 aliphatic rings. The molecule has 0 bridgehead atoms. The van der Waals surface area contributed by atoms with Crippen LogP contribution in [0.4, 0.5) is 0 Å². The number of hydrogen-bond donors (Lipinski definition) is 0. The van der Waals surface area contributed by atoms with Gasteiger partial charge in [0, 0.05) is 26.8 Å². The molecule has 4 nitrogen and oxygen atoms in total. The first kappa shape index (κ1) is 16.8. The predicted molar refractivity (Wildman–Crippen MR) is 87.5 cm³/mol. The number of likely N-dealkylation sites (tertiary alicyclic amines) is 1. The molecule has 22 heavy (non-hydrogen) atoms. The van der Waals surface area contributed by atoms with Crippen LogP contribution < -0.4 is 4.74 Å². The van der Waals surface area contributed by atoms with E-state index < -0.39 is 0 Å². The van der Waals surface area contributed by atoms with E-state index in [0.29, 0.717) is 17.2 Å². The SMILES string of the molecule is COCCC[C@H]1CCCN(C(=O)c2c(C)cccc2OC)C1. The third-order valence-electron chi connectivity index (χ3n) is 4.44. The van der Waals surface area contributed by atoms with Crippen molar-refractivity contribution in [3.8, 4) is 5.75 Å². The number of hydrogen-bond acceptors (Lipinski definition) is 3. The first-order chi connectivity index (χ1) is 10.7. The van der Waals surface area contributed by atoms with Crippen molar-refractivity contribution < 1.29 is 14.3 Å². The van der Waals surface area contributed by atoms with Gasteiger partial charge in [-0.2, -0.15) is 0 Å². The van der Waals surface area contributed by atoms with Crippen LogP contribution in [-0.2, 0) is 4.74 Å².